The summed E-state index contributed by atoms with van der Waals surface area (Å²) in [6.45, 7) is 13.4. The van der Waals surface area contributed by atoms with Gasteiger partial charge in [0.2, 0.25) is 0 Å². The van der Waals surface area contributed by atoms with Crippen LogP contribution in [0.1, 0.15) is 51.8 Å². The van der Waals surface area contributed by atoms with Gasteiger partial charge in [0.1, 0.15) is 0 Å². The first-order chi connectivity index (χ1) is 9.40. The number of rotatable bonds is 5. The van der Waals surface area contributed by atoms with Crippen LogP contribution in [0.5, 0.6) is 0 Å². The molecule has 0 saturated carbocycles. The van der Waals surface area contributed by atoms with Crippen LogP contribution in [0, 0.1) is 0 Å². The molecule has 0 radical (unpaired) electrons. The number of aryl methyl sites for hydroxylation is 1. The standard InChI is InChI=1S/C16H30N4/c1-6-20(12-14-8-7-9-17-14)11-13-10-19(5)18-15(13)16(2,3)4/h10,14,17H,6-9,11-12H2,1-5H3. The Morgan fingerprint density at radius 3 is 2.75 bits per heavy atom. The summed E-state index contributed by atoms with van der Waals surface area (Å²) in [6, 6.07) is 0.671. The van der Waals surface area contributed by atoms with Crippen LogP contribution in [0.15, 0.2) is 6.20 Å². The summed E-state index contributed by atoms with van der Waals surface area (Å²) in [6.07, 6.45) is 4.82. The Morgan fingerprint density at radius 2 is 2.20 bits per heavy atom. The molecule has 1 saturated heterocycles. The zero-order valence-electron chi connectivity index (χ0n) is 13.7. The van der Waals surface area contributed by atoms with Crippen molar-refractivity contribution < 1.29 is 0 Å². The lowest BCUT2D eigenvalue weighted by Crippen LogP contribution is -2.37. The van der Waals surface area contributed by atoms with E-state index in [1.807, 2.05) is 11.7 Å². The smallest absolute Gasteiger partial charge is 0.0722 e. The summed E-state index contributed by atoms with van der Waals surface area (Å²) in [5.74, 6) is 0. The summed E-state index contributed by atoms with van der Waals surface area (Å²) < 4.78 is 1.96. The Hall–Kier alpha value is -0.870. The molecule has 1 aliphatic heterocycles. The van der Waals surface area contributed by atoms with Crippen LogP contribution in [-0.2, 0) is 19.0 Å². The fourth-order valence-corrected chi connectivity index (χ4v) is 3.06. The van der Waals surface area contributed by atoms with Crippen molar-refractivity contribution in [3.63, 3.8) is 0 Å². The SMILES string of the molecule is CCN(Cc1cn(C)nc1C(C)(C)C)CC1CCCN1. The Labute approximate surface area is 123 Å². The zero-order valence-corrected chi connectivity index (χ0v) is 13.7. The predicted octanol–water partition coefficient (Wildman–Crippen LogP) is 2.29. The van der Waals surface area contributed by atoms with Gasteiger partial charge in [-0.3, -0.25) is 9.58 Å². The molecule has 1 N–H and O–H groups in total. The second-order valence-electron chi connectivity index (χ2n) is 7.05. The normalized spacial score (nSPS) is 20.0. The Balaban J connectivity index is 2.06. The second-order valence-corrected chi connectivity index (χ2v) is 7.05. The third-order valence-corrected chi connectivity index (χ3v) is 4.10. The molecule has 114 valence electrons. The van der Waals surface area contributed by atoms with E-state index in [0.29, 0.717) is 6.04 Å². The lowest BCUT2D eigenvalue weighted by atomic mass is 9.89. The molecule has 1 aromatic rings. The van der Waals surface area contributed by atoms with E-state index in [-0.39, 0.29) is 5.41 Å². The van der Waals surface area contributed by atoms with Crippen LogP contribution >= 0.6 is 0 Å². The monoisotopic (exact) mass is 278 g/mol. The van der Waals surface area contributed by atoms with E-state index in [0.717, 1.165) is 19.6 Å². The lowest BCUT2D eigenvalue weighted by molar-refractivity contribution is 0.252. The van der Waals surface area contributed by atoms with Crippen LogP contribution in [0.2, 0.25) is 0 Å². The number of nitrogens with zero attached hydrogens (tertiary/aromatic N) is 3. The number of aromatic nitrogens is 2. The molecule has 0 bridgehead atoms. The van der Waals surface area contributed by atoms with Gasteiger partial charge in [-0.2, -0.15) is 5.10 Å². The van der Waals surface area contributed by atoms with Gasteiger partial charge in [0.25, 0.3) is 0 Å². The molecule has 2 heterocycles. The van der Waals surface area contributed by atoms with E-state index < -0.39 is 0 Å². The maximum absolute atomic E-state index is 4.68. The minimum atomic E-state index is 0.113. The molecule has 4 nitrogen and oxygen atoms in total. The topological polar surface area (TPSA) is 33.1 Å². The summed E-state index contributed by atoms with van der Waals surface area (Å²) in [7, 11) is 2.02. The van der Waals surface area contributed by atoms with Gasteiger partial charge in [0.15, 0.2) is 0 Å². The first-order valence-electron chi connectivity index (χ1n) is 7.89. The van der Waals surface area contributed by atoms with Gasteiger partial charge in [-0.05, 0) is 25.9 Å². The van der Waals surface area contributed by atoms with Crippen molar-refractivity contribution in [2.75, 3.05) is 19.6 Å². The van der Waals surface area contributed by atoms with E-state index in [4.69, 9.17) is 0 Å². The number of hydrogen-bond acceptors (Lipinski definition) is 3. The first kappa shape index (κ1) is 15.5. The third-order valence-electron chi connectivity index (χ3n) is 4.10. The molecule has 1 aromatic heterocycles. The Kier molecular flexibility index (Phi) is 4.86. The Bertz CT molecular complexity index is 424. The molecule has 0 aromatic carbocycles. The van der Waals surface area contributed by atoms with Crippen LogP contribution < -0.4 is 5.32 Å². The highest BCUT2D eigenvalue weighted by Gasteiger charge is 2.24. The summed E-state index contributed by atoms with van der Waals surface area (Å²) in [5.41, 5.74) is 2.72. The average Bonchev–Trinajstić information content (AvgIpc) is 2.97. The molecule has 0 amide bonds. The molecule has 1 unspecified atom stereocenters. The fourth-order valence-electron chi connectivity index (χ4n) is 3.06. The highest BCUT2D eigenvalue weighted by Crippen LogP contribution is 2.25. The van der Waals surface area contributed by atoms with Crippen LogP contribution in [-0.4, -0.2) is 40.4 Å². The van der Waals surface area contributed by atoms with Crippen LogP contribution in [0.3, 0.4) is 0 Å². The molecule has 1 fully saturated rings. The van der Waals surface area contributed by atoms with Gasteiger partial charge < -0.3 is 5.32 Å². The van der Waals surface area contributed by atoms with Gasteiger partial charge in [0, 0.05) is 43.4 Å². The van der Waals surface area contributed by atoms with Gasteiger partial charge in [-0.1, -0.05) is 27.7 Å². The largest absolute Gasteiger partial charge is 0.313 e. The molecule has 4 heteroatoms. The molecule has 1 atom stereocenters. The summed E-state index contributed by atoms with van der Waals surface area (Å²) in [5, 5.41) is 8.27. The van der Waals surface area contributed by atoms with Crippen LogP contribution in [0.4, 0.5) is 0 Å². The molecular formula is C16H30N4. The van der Waals surface area contributed by atoms with E-state index in [9.17, 15) is 0 Å². The van der Waals surface area contributed by atoms with E-state index in [2.05, 4.69) is 49.2 Å². The minimum absolute atomic E-state index is 0.113. The number of likely N-dealkylation sites (N-methyl/N-ethyl adjacent to an activating group) is 1. The lowest BCUT2D eigenvalue weighted by Gasteiger charge is -2.25. The van der Waals surface area contributed by atoms with Gasteiger partial charge >= 0.3 is 0 Å². The predicted molar refractivity (Wildman–Crippen MR) is 83.9 cm³/mol. The first-order valence-corrected chi connectivity index (χ1v) is 7.89. The molecule has 0 spiro atoms. The van der Waals surface area contributed by atoms with Crippen molar-refractivity contribution in [1.82, 2.24) is 20.0 Å². The van der Waals surface area contributed by atoms with E-state index >= 15 is 0 Å². The fraction of sp³-hybridized carbons (Fsp3) is 0.812. The average molecular weight is 278 g/mol. The van der Waals surface area contributed by atoms with Gasteiger partial charge in [-0.25, -0.2) is 0 Å². The molecular weight excluding hydrogens is 248 g/mol. The summed E-state index contributed by atoms with van der Waals surface area (Å²) in [4.78, 5) is 2.54. The highest BCUT2D eigenvalue weighted by atomic mass is 15.3. The van der Waals surface area contributed by atoms with Crippen molar-refractivity contribution in [1.29, 1.82) is 0 Å². The maximum atomic E-state index is 4.68. The van der Waals surface area contributed by atoms with Crippen molar-refractivity contribution >= 4 is 0 Å². The second kappa shape index (κ2) is 6.27. The quantitative estimate of drug-likeness (QED) is 0.897. The number of hydrogen-bond donors (Lipinski definition) is 1. The molecule has 1 aliphatic rings. The maximum Gasteiger partial charge on any atom is 0.0722 e. The van der Waals surface area contributed by atoms with Crippen molar-refractivity contribution in [2.45, 2.75) is 58.5 Å². The van der Waals surface area contributed by atoms with E-state index in [1.165, 1.54) is 30.6 Å². The Morgan fingerprint density at radius 1 is 1.45 bits per heavy atom. The van der Waals surface area contributed by atoms with Crippen molar-refractivity contribution in [3.05, 3.63) is 17.5 Å². The van der Waals surface area contributed by atoms with Crippen LogP contribution in [0.25, 0.3) is 0 Å². The minimum Gasteiger partial charge on any atom is -0.313 e. The van der Waals surface area contributed by atoms with Crippen molar-refractivity contribution in [3.8, 4) is 0 Å². The molecule has 0 aliphatic carbocycles. The highest BCUT2D eigenvalue weighted by molar-refractivity contribution is 5.24. The van der Waals surface area contributed by atoms with Crippen molar-refractivity contribution in [2.24, 2.45) is 7.05 Å². The molecule has 20 heavy (non-hydrogen) atoms. The van der Waals surface area contributed by atoms with E-state index in [1.54, 1.807) is 0 Å². The molecule has 2 rings (SSSR count). The van der Waals surface area contributed by atoms with Gasteiger partial charge in [0.05, 0.1) is 5.69 Å². The zero-order chi connectivity index (χ0) is 14.8. The third kappa shape index (κ3) is 3.83. The van der Waals surface area contributed by atoms with Gasteiger partial charge in [-0.15, -0.1) is 0 Å². The summed E-state index contributed by atoms with van der Waals surface area (Å²) >= 11 is 0. The number of nitrogens with one attached hydrogen (secondary N) is 1.